The topological polar surface area (TPSA) is 36.9 Å². The smallest absolute Gasteiger partial charge is 0.354 e. The Hall–Kier alpha value is -0.980. The summed E-state index contributed by atoms with van der Waals surface area (Å²) in [6, 6.07) is 0. The summed E-state index contributed by atoms with van der Waals surface area (Å²) in [7, 11) is 1.84. The number of hydrogen-bond acceptors (Lipinski definition) is 4. The summed E-state index contributed by atoms with van der Waals surface area (Å²) in [6.07, 6.45) is -3.58. The lowest BCUT2D eigenvalue weighted by atomic mass is 10.3. The van der Waals surface area contributed by atoms with Gasteiger partial charge in [0, 0.05) is 26.7 Å². The summed E-state index contributed by atoms with van der Waals surface area (Å²) >= 11 is 0. The Balaban J connectivity index is 2.17. The summed E-state index contributed by atoms with van der Waals surface area (Å²) in [5.74, 6) is 0.632. The van der Waals surface area contributed by atoms with Crippen LogP contribution in [0.3, 0.4) is 0 Å². The molecule has 0 bridgehead atoms. The van der Waals surface area contributed by atoms with E-state index in [1.54, 1.807) is 0 Å². The molecule has 1 heterocycles. The van der Waals surface area contributed by atoms with Gasteiger partial charge in [-0.1, -0.05) is 0 Å². The van der Waals surface area contributed by atoms with E-state index in [9.17, 15) is 13.2 Å². The van der Waals surface area contributed by atoms with Gasteiger partial charge in [0.1, 0.15) is 0 Å². The number of ether oxygens (including phenoxy) is 1. The van der Waals surface area contributed by atoms with Gasteiger partial charge < -0.3 is 10.2 Å². The number of aliphatic imine (C=N–C) groups is 1. The Morgan fingerprint density at radius 3 is 2.87 bits per heavy atom. The van der Waals surface area contributed by atoms with Crippen LogP contribution in [0.4, 0.5) is 13.2 Å². The fourth-order valence-electron chi connectivity index (χ4n) is 1.24. The van der Waals surface area contributed by atoms with Crippen LogP contribution in [0.15, 0.2) is 4.99 Å². The molecule has 1 N–H and O–H groups in total. The number of hydrogen-bond donors (Lipinski definition) is 1. The first-order valence-corrected chi connectivity index (χ1v) is 4.69. The van der Waals surface area contributed by atoms with E-state index in [2.05, 4.69) is 15.0 Å². The molecule has 0 saturated heterocycles. The monoisotopic (exact) mass is 225 g/mol. The number of rotatable bonds is 3. The zero-order valence-electron chi connectivity index (χ0n) is 8.47. The maximum atomic E-state index is 11.6. The SMILES string of the molecule is CN1CCCN=C1NCCOC(F)(F)F. The third-order valence-electron chi connectivity index (χ3n) is 1.93. The second kappa shape index (κ2) is 5.20. The number of guanidine groups is 1. The Labute approximate surface area is 86.1 Å². The van der Waals surface area contributed by atoms with Crippen LogP contribution in [0.2, 0.25) is 0 Å². The van der Waals surface area contributed by atoms with Crippen molar-refractivity contribution in [2.45, 2.75) is 12.8 Å². The molecular formula is C8H14F3N3O. The number of alkyl halides is 3. The lowest BCUT2D eigenvalue weighted by Crippen LogP contribution is -2.43. The van der Waals surface area contributed by atoms with Gasteiger partial charge in [0.2, 0.25) is 0 Å². The normalized spacial score (nSPS) is 17.6. The Morgan fingerprint density at radius 1 is 1.53 bits per heavy atom. The molecule has 0 aromatic rings. The molecule has 88 valence electrons. The molecule has 0 aromatic heterocycles. The first-order valence-electron chi connectivity index (χ1n) is 4.69. The summed E-state index contributed by atoms with van der Waals surface area (Å²) < 4.78 is 38.4. The molecular weight excluding hydrogens is 211 g/mol. The average Bonchev–Trinajstić information content (AvgIpc) is 2.13. The van der Waals surface area contributed by atoms with E-state index in [1.807, 2.05) is 11.9 Å². The average molecular weight is 225 g/mol. The molecule has 0 unspecified atom stereocenters. The van der Waals surface area contributed by atoms with E-state index in [-0.39, 0.29) is 6.54 Å². The molecule has 0 aromatic carbocycles. The van der Waals surface area contributed by atoms with Gasteiger partial charge in [-0.3, -0.25) is 9.73 Å². The summed E-state index contributed by atoms with van der Waals surface area (Å²) in [5, 5.41) is 2.79. The van der Waals surface area contributed by atoms with Gasteiger partial charge in [-0.2, -0.15) is 0 Å². The van der Waals surface area contributed by atoms with E-state index >= 15 is 0 Å². The zero-order chi connectivity index (χ0) is 11.3. The Kier molecular flexibility index (Phi) is 4.19. The fourth-order valence-corrected chi connectivity index (χ4v) is 1.24. The predicted molar refractivity (Wildman–Crippen MR) is 49.6 cm³/mol. The quantitative estimate of drug-likeness (QED) is 0.722. The van der Waals surface area contributed by atoms with Gasteiger partial charge in [-0.25, -0.2) is 0 Å². The molecule has 0 fully saturated rings. The van der Waals surface area contributed by atoms with Crippen LogP contribution in [-0.4, -0.2) is 50.5 Å². The van der Waals surface area contributed by atoms with Crippen molar-refractivity contribution in [2.24, 2.45) is 4.99 Å². The highest BCUT2D eigenvalue weighted by Gasteiger charge is 2.28. The van der Waals surface area contributed by atoms with Crippen LogP contribution in [0.5, 0.6) is 0 Å². The Bertz CT molecular complexity index is 230. The molecule has 0 atom stereocenters. The highest BCUT2D eigenvalue weighted by Crippen LogP contribution is 2.15. The molecule has 0 aliphatic carbocycles. The van der Waals surface area contributed by atoms with Crippen molar-refractivity contribution in [1.29, 1.82) is 0 Å². The summed E-state index contributed by atoms with van der Waals surface area (Å²) in [6.45, 7) is 1.28. The minimum Gasteiger partial charge on any atom is -0.354 e. The van der Waals surface area contributed by atoms with Gasteiger partial charge in [-0.15, -0.1) is 13.2 Å². The molecule has 0 spiro atoms. The molecule has 0 amide bonds. The van der Waals surface area contributed by atoms with Crippen molar-refractivity contribution in [3.8, 4) is 0 Å². The van der Waals surface area contributed by atoms with E-state index in [0.717, 1.165) is 13.0 Å². The zero-order valence-corrected chi connectivity index (χ0v) is 8.47. The third kappa shape index (κ3) is 4.87. The van der Waals surface area contributed by atoms with Crippen LogP contribution in [-0.2, 0) is 4.74 Å². The molecule has 7 heteroatoms. The maximum Gasteiger partial charge on any atom is 0.522 e. The lowest BCUT2D eigenvalue weighted by molar-refractivity contribution is -0.323. The van der Waals surface area contributed by atoms with Gasteiger partial charge >= 0.3 is 6.36 Å². The maximum absolute atomic E-state index is 11.6. The standard InChI is InChI=1S/C8H14F3N3O/c1-14-5-2-3-12-7(14)13-4-6-15-8(9,10)11/h2-6H2,1H3,(H,12,13). The van der Waals surface area contributed by atoms with Crippen LogP contribution < -0.4 is 5.32 Å². The first-order chi connectivity index (χ1) is 6.99. The predicted octanol–water partition coefficient (Wildman–Crippen LogP) is 0.804. The molecule has 4 nitrogen and oxygen atoms in total. The molecule has 1 aliphatic rings. The van der Waals surface area contributed by atoms with E-state index in [4.69, 9.17) is 0 Å². The van der Waals surface area contributed by atoms with Crippen molar-refractivity contribution in [1.82, 2.24) is 10.2 Å². The van der Waals surface area contributed by atoms with Crippen LogP contribution in [0, 0.1) is 0 Å². The fraction of sp³-hybridized carbons (Fsp3) is 0.875. The van der Waals surface area contributed by atoms with Crippen molar-refractivity contribution < 1.29 is 17.9 Å². The van der Waals surface area contributed by atoms with Gasteiger partial charge in [0.05, 0.1) is 6.61 Å². The molecule has 1 aliphatic heterocycles. The van der Waals surface area contributed by atoms with Gasteiger partial charge in [0.15, 0.2) is 5.96 Å². The van der Waals surface area contributed by atoms with E-state index in [1.165, 1.54) is 0 Å². The molecule has 15 heavy (non-hydrogen) atoms. The van der Waals surface area contributed by atoms with Crippen LogP contribution in [0.1, 0.15) is 6.42 Å². The second-order valence-electron chi connectivity index (χ2n) is 3.20. The highest BCUT2D eigenvalue weighted by atomic mass is 19.4. The molecule has 0 saturated carbocycles. The second-order valence-corrected chi connectivity index (χ2v) is 3.20. The van der Waals surface area contributed by atoms with Crippen molar-refractivity contribution >= 4 is 5.96 Å². The summed E-state index contributed by atoms with van der Waals surface area (Å²) in [5.41, 5.74) is 0. The van der Waals surface area contributed by atoms with Crippen molar-refractivity contribution in [3.05, 3.63) is 0 Å². The van der Waals surface area contributed by atoms with Crippen molar-refractivity contribution in [2.75, 3.05) is 33.3 Å². The molecule has 0 radical (unpaired) electrons. The largest absolute Gasteiger partial charge is 0.522 e. The third-order valence-corrected chi connectivity index (χ3v) is 1.93. The summed E-state index contributed by atoms with van der Waals surface area (Å²) in [4.78, 5) is 6.01. The van der Waals surface area contributed by atoms with Crippen LogP contribution in [0.25, 0.3) is 0 Å². The van der Waals surface area contributed by atoms with E-state index in [0.29, 0.717) is 12.5 Å². The van der Waals surface area contributed by atoms with Gasteiger partial charge in [-0.05, 0) is 6.42 Å². The van der Waals surface area contributed by atoms with Gasteiger partial charge in [0.25, 0.3) is 0 Å². The molecule has 1 rings (SSSR count). The highest BCUT2D eigenvalue weighted by molar-refractivity contribution is 5.80. The first kappa shape index (κ1) is 12.1. The number of nitrogens with zero attached hydrogens (tertiary/aromatic N) is 2. The van der Waals surface area contributed by atoms with Crippen molar-refractivity contribution in [3.63, 3.8) is 0 Å². The number of halogens is 3. The lowest BCUT2D eigenvalue weighted by Gasteiger charge is -2.25. The Morgan fingerprint density at radius 2 is 2.27 bits per heavy atom. The number of nitrogens with one attached hydrogen (secondary N) is 1. The van der Waals surface area contributed by atoms with Crippen LogP contribution >= 0.6 is 0 Å². The minimum atomic E-state index is -4.55. The van der Waals surface area contributed by atoms with E-state index < -0.39 is 13.0 Å². The minimum absolute atomic E-state index is 0.0999.